The topological polar surface area (TPSA) is 35.5 Å². The minimum absolute atomic E-state index is 0.0380. The zero-order chi connectivity index (χ0) is 15.4. The molecule has 0 amide bonds. The molecule has 2 aromatic carbocycles. The molecular formula is C16H14BrClO3. The summed E-state index contributed by atoms with van der Waals surface area (Å²) in [5.74, 6) is 1.06. The summed E-state index contributed by atoms with van der Waals surface area (Å²) in [7, 11) is 1.53. The quantitative estimate of drug-likeness (QED) is 0.718. The fraction of sp³-hybridized carbons (Fsp3) is 0.188. The van der Waals surface area contributed by atoms with Crippen LogP contribution in [0.15, 0.2) is 40.9 Å². The molecule has 0 radical (unpaired) electrons. The highest BCUT2D eigenvalue weighted by atomic mass is 79.9. The number of methoxy groups -OCH3 is 1. The Morgan fingerprint density at radius 2 is 2.00 bits per heavy atom. The number of benzene rings is 2. The Labute approximate surface area is 137 Å². The Bertz CT molecular complexity index is 671. The van der Waals surface area contributed by atoms with Crippen molar-refractivity contribution in [2.75, 3.05) is 13.7 Å². The molecule has 5 heteroatoms. The third-order valence-corrected chi connectivity index (χ3v) is 4.16. The number of aryl methyl sites for hydroxylation is 1. The smallest absolute Gasteiger partial charge is 0.200 e. The molecule has 0 N–H and O–H groups in total. The second-order valence-corrected chi connectivity index (χ2v) is 5.73. The van der Waals surface area contributed by atoms with E-state index in [1.165, 1.54) is 7.11 Å². The van der Waals surface area contributed by atoms with Gasteiger partial charge in [-0.25, -0.2) is 0 Å². The third-order valence-electron chi connectivity index (χ3n) is 2.97. The van der Waals surface area contributed by atoms with Gasteiger partial charge in [0.25, 0.3) is 0 Å². The van der Waals surface area contributed by atoms with Gasteiger partial charge >= 0.3 is 0 Å². The molecule has 21 heavy (non-hydrogen) atoms. The van der Waals surface area contributed by atoms with Gasteiger partial charge in [0.1, 0.15) is 11.5 Å². The molecule has 0 unspecified atom stereocenters. The number of carbonyl (C=O) groups is 1. The van der Waals surface area contributed by atoms with Gasteiger partial charge in [0.15, 0.2) is 12.4 Å². The van der Waals surface area contributed by atoms with E-state index in [1.54, 1.807) is 18.2 Å². The van der Waals surface area contributed by atoms with Crippen LogP contribution in [0.1, 0.15) is 15.9 Å². The van der Waals surface area contributed by atoms with E-state index >= 15 is 0 Å². The van der Waals surface area contributed by atoms with E-state index < -0.39 is 0 Å². The number of carbonyl (C=O) groups excluding carboxylic acids is 1. The largest absolute Gasteiger partial charge is 0.495 e. The molecule has 110 valence electrons. The lowest BCUT2D eigenvalue weighted by Gasteiger charge is -2.08. The Morgan fingerprint density at radius 1 is 1.24 bits per heavy atom. The minimum Gasteiger partial charge on any atom is -0.495 e. The molecule has 0 aliphatic carbocycles. The number of ether oxygens (including phenoxy) is 2. The Kier molecular flexibility index (Phi) is 5.26. The van der Waals surface area contributed by atoms with Crippen LogP contribution in [0.4, 0.5) is 0 Å². The fourth-order valence-electron chi connectivity index (χ4n) is 1.78. The summed E-state index contributed by atoms with van der Waals surface area (Å²) >= 11 is 9.42. The van der Waals surface area contributed by atoms with Gasteiger partial charge in [-0.3, -0.25) is 4.79 Å². The van der Waals surface area contributed by atoms with Crippen LogP contribution >= 0.6 is 27.5 Å². The molecule has 0 fully saturated rings. The molecule has 0 aromatic heterocycles. The molecule has 0 heterocycles. The second-order valence-electron chi connectivity index (χ2n) is 4.47. The number of halogens is 2. The highest BCUT2D eigenvalue weighted by molar-refractivity contribution is 9.10. The molecular weight excluding hydrogens is 356 g/mol. The van der Waals surface area contributed by atoms with Crippen LogP contribution in [0.3, 0.4) is 0 Å². The van der Waals surface area contributed by atoms with Crippen molar-refractivity contribution in [3.05, 3.63) is 57.0 Å². The summed E-state index contributed by atoms with van der Waals surface area (Å²) in [5.41, 5.74) is 1.54. The van der Waals surface area contributed by atoms with Gasteiger partial charge in [-0.2, -0.15) is 0 Å². The first-order valence-electron chi connectivity index (χ1n) is 6.27. The minimum atomic E-state index is -0.139. The van der Waals surface area contributed by atoms with Gasteiger partial charge in [-0.1, -0.05) is 27.5 Å². The molecule has 0 aliphatic rings. The predicted octanol–water partition coefficient (Wildman–Crippen LogP) is 4.68. The maximum absolute atomic E-state index is 12.1. The molecule has 2 rings (SSSR count). The first kappa shape index (κ1) is 15.9. The zero-order valence-corrected chi connectivity index (χ0v) is 14.0. The van der Waals surface area contributed by atoms with Crippen molar-refractivity contribution in [2.45, 2.75) is 6.92 Å². The highest BCUT2D eigenvalue weighted by Crippen LogP contribution is 2.25. The van der Waals surface area contributed by atoms with Crippen LogP contribution in [0.25, 0.3) is 0 Å². The number of ketones is 1. The summed E-state index contributed by atoms with van der Waals surface area (Å²) in [6.45, 7) is 1.92. The van der Waals surface area contributed by atoms with Crippen LogP contribution in [0.5, 0.6) is 11.5 Å². The summed E-state index contributed by atoms with van der Waals surface area (Å²) in [4.78, 5) is 12.1. The van der Waals surface area contributed by atoms with E-state index in [9.17, 15) is 4.79 Å². The van der Waals surface area contributed by atoms with E-state index in [0.717, 1.165) is 10.0 Å². The predicted molar refractivity (Wildman–Crippen MR) is 86.7 cm³/mol. The lowest BCUT2D eigenvalue weighted by atomic mass is 10.1. The van der Waals surface area contributed by atoms with Gasteiger partial charge in [-0.15, -0.1) is 0 Å². The molecule has 0 saturated heterocycles. The average molecular weight is 370 g/mol. The van der Waals surface area contributed by atoms with Crippen molar-refractivity contribution >= 4 is 33.3 Å². The summed E-state index contributed by atoms with van der Waals surface area (Å²) in [5, 5.41) is 0.405. The van der Waals surface area contributed by atoms with Gasteiger partial charge < -0.3 is 9.47 Å². The normalized spacial score (nSPS) is 10.3. The van der Waals surface area contributed by atoms with Crippen molar-refractivity contribution in [1.29, 1.82) is 0 Å². The summed E-state index contributed by atoms with van der Waals surface area (Å²) < 4.78 is 11.6. The molecule has 0 spiro atoms. The monoisotopic (exact) mass is 368 g/mol. The first-order valence-corrected chi connectivity index (χ1v) is 7.44. The molecule has 0 bridgehead atoms. The van der Waals surface area contributed by atoms with E-state index in [1.807, 2.05) is 25.1 Å². The van der Waals surface area contributed by atoms with Crippen molar-refractivity contribution < 1.29 is 14.3 Å². The number of Topliss-reactive ketones (excluding diaryl/α,β-unsaturated/α-hetero) is 1. The Hall–Kier alpha value is -1.52. The van der Waals surface area contributed by atoms with Crippen LogP contribution < -0.4 is 9.47 Å². The molecule has 0 atom stereocenters. The lowest BCUT2D eigenvalue weighted by molar-refractivity contribution is 0.0921. The number of hydrogen-bond donors (Lipinski definition) is 0. The van der Waals surface area contributed by atoms with Crippen molar-refractivity contribution in [3.63, 3.8) is 0 Å². The van der Waals surface area contributed by atoms with Crippen LogP contribution in [0.2, 0.25) is 5.02 Å². The van der Waals surface area contributed by atoms with E-state index in [-0.39, 0.29) is 12.4 Å². The maximum Gasteiger partial charge on any atom is 0.200 e. The zero-order valence-electron chi connectivity index (χ0n) is 11.7. The number of hydrogen-bond acceptors (Lipinski definition) is 3. The lowest BCUT2D eigenvalue weighted by Crippen LogP contribution is -2.11. The van der Waals surface area contributed by atoms with Gasteiger partial charge in [0, 0.05) is 10.0 Å². The van der Waals surface area contributed by atoms with Crippen LogP contribution in [-0.4, -0.2) is 19.5 Å². The highest BCUT2D eigenvalue weighted by Gasteiger charge is 2.10. The first-order chi connectivity index (χ1) is 10.0. The Morgan fingerprint density at radius 3 is 2.62 bits per heavy atom. The molecule has 2 aromatic rings. The average Bonchev–Trinajstić information content (AvgIpc) is 2.48. The van der Waals surface area contributed by atoms with E-state index in [4.69, 9.17) is 21.1 Å². The number of rotatable bonds is 5. The molecule has 0 saturated carbocycles. The van der Waals surface area contributed by atoms with Crippen LogP contribution in [-0.2, 0) is 0 Å². The fourth-order valence-corrected chi connectivity index (χ4v) is 2.28. The second kappa shape index (κ2) is 6.96. The standard InChI is InChI=1S/C16H14BrClO3/c1-10-7-12(4-5-13(10)17)21-9-15(19)11-3-6-16(20-2)14(18)8-11/h3-8H,9H2,1-2H3. The van der Waals surface area contributed by atoms with Crippen molar-refractivity contribution in [1.82, 2.24) is 0 Å². The van der Waals surface area contributed by atoms with Crippen LogP contribution in [0, 0.1) is 6.92 Å². The summed E-state index contributed by atoms with van der Waals surface area (Å²) in [6, 6.07) is 10.5. The molecule has 3 nitrogen and oxygen atoms in total. The Balaban J connectivity index is 2.04. The maximum atomic E-state index is 12.1. The van der Waals surface area contributed by atoms with E-state index in [2.05, 4.69) is 15.9 Å². The van der Waals surface area contributed by atoms with Gasteiger partial charge in [0.05, 0.1) is 12.1 Å². The SMILES string of the molecule is COc1ccc(C(=O)COc2ccc(Br)c(C)c2)cc1Cl. The van der Waals surface area contributed by atoms with Gasteiger partial charge in [0.2, 0.25) is 0 Å². The third kappa shape index (κ3) is 3.99. The van der Waals surface area contributed by atoms with E-state index in [0.29, 0.717) is 22.1 Å². The summed E-state index contributed by atoms with van der Waals surface area (Å²) in [6.07, 6.45) is 0. The van der Waals surface area contributed by atoms with Crippen molar-refractivity contribution in [3.8, 4) is 11.5 Å². The molecule has 0 aliphatic heterocycles. The van der Waals surface area contributed by atoms with Gasteiger partial charge in [-0.05, 0) is 48.9 Å². The van der Waals surface area contributed by atoms with Crippen molar-refractivity contribution in [2.24, 2.45) is 0 Å².